The van der Waals surface area contributed by atoms with Gasteiger partial charge in [0.1, 0.15) is 12.4 Å². The largest absolute Gasteiger partial charge is 0.491 e. The van der Waals surface area contributed by atoms with Gasteiger partial charge in [0.25, 0.3) is 0 Å². The Balaban J connectivity index is 1.38. The zero-order valence-corrected chi connectivity index (χ0v) is 16.3. The van der Waals surface area contributed by atoms with E-state index in [1.807, 2.05) is 30.3 Å². The molecule has 2 aliphatic rings. The van der Waals surface area contributed by atoms with Crippen molar-refractivity contribution in [3.8, 4) is 5.75 Å². The van der Waals surface area contributed by atoms with Gasteiger partial charge in [0.15, 0.2) is 0 Å². The quantitative estimate of drug-likeness (QED) is 0.501. The summed E-state index contributed by atoms with van der Waals surface area (Å²) in [5.41, 5.74) is 0. The van der Waals surface area contributed by atoms with E-state index < -0.39 is 12.1 Å². The molecule has 6 heteroatoms. The molecule has 2 fully saturated rings. The van der Waals surface area contributed by atoms with Crippen LogP contribution in [0, 0.1) is 17.8 Å². The second-order valence-electron chi connectivity index (χ2n) is 8.21. The highest BCUT2D eigenvalue weighted by Crippen LogP contribution is 2.50. The Morgan fingerprint density at radius 3 is 2.71 bits per heavy atom. The Morgan fingerprint density at radius 2 is 1.96 bits per heavy atom. The number of hydrogen-bond acceptors (Lipinski definition) is 5. The summed E-state index contributed by atoms with van der Waals surface area (Å²) in [6.45, 7) is 0.745. The fourth-order valence-electron chi connectivity index (χ4n) is 4.86. The number of hydrogen-bond donors (Lipinski definition) is 3. The Morgan fingerprint density at radius 1 is 1.18 bits per heavy atom. The maximum absolute atomic E-state index is 10.6. The van der Waals surface area contributed by atoms with Crippen molar-refractivity contribution in [2.45, 2.75) is 63.3 Å². The molecule has 0 bridgehead atoms. The maximum atomic E-state index is 10.6. The fourth-order valence-corrected chi connectivity index (χ4v) is 4.86. The van der Waals surface area contributed by atoms with Crippen LogP contribution in [-0.4, -0.2) is 52.8 Å². The SMILES string of the molecule is O=C(O)CCCOC1C[C@@H]2C[C@@H](O)[C@H](CCC(O)COc3ccccc3)[C@@H]2C1. The number of para-hydroxylation sites is 1. The second kappa shape index (κ2) is 10.2. The van der Waals surface area contributed by atoms with Crippen LogP contribution < -0.4 is 4.74 Å². The van der Waals surface area contributed by atoms with Gasteiger partial charge in [-0.1, -0.05) is 18.2 Å². The molecule has 6 nitrogen and oxygen atoms in total. The summed E-state index contributed by atoms with van der Waals surface area (Å²) in [5.74, 6) is 1.07. The summed E-state index contributed by atoms with van der Waals surface area (Å²) < 4.78 is 11.5. The molecule has 0 radical (unpaired) electrons. The average molecular weight is 392 g/mol. The standard InChI is InChI=1S/C22H32O6/c23-16(14-28-17-5-2-1-3-6-17)8-9-19-20-13-18(11-15(20)12-21(19)24)27-10-4-7-22(25)26/h1-3,5-6,15-16,18-21,23-24H,4,7-14H2,(H,25,26)/t15-,16?,18?,19-,20-,21-/m1/s1. The van der Waals surface area contributed by atoms with Crippen molar-refractivity contribution in [2.24, 2.45) is 17.8 Å². The molecule has 0 amide bonds. The third kappa shape index (κ3) is 5.93. The van der Waals surface area contributed by atoms with Crippen LogP contribution in [0.25, 0.3) is 0 Å². The van der Waals surface area contributed by atoms with Gasteiger partial charge in [0.05, 0.1) is 18.3 Å². The first-order valence-electron chi connectivity index (χ1n) is 10.4. The van der Waals surface area contributed by atoms with Crippen LogP contribution >= 0.6 is 0 Å². The highest BCUT2D eigenvalue weighted by molar-refractivity contribution is 5.66. The van der Waals surface area contributed by atoms with E-state index in [1.54, 1.807) is 0 Å². The van der Waals surface area contributed by atoms with E-state index in [-0.39, 0.29) is 31.2 Å². The summed E-state index contributed by atoms with van der Waals surface area (Å²) in [6, 6.07) is 9.46. The predicted octanol–water partition coefficient (Wildman–Crippen LogP) is 2.86. The third-order valence-corrected chi connectivity index (χ3v) is 6.20. The summed E-state index contributed by atoms with van der Waals surface area (Å²) in [4.78, 5) is 10.6. The molecule has 0 heterocycles. The van der Waals surface area contributed by atoms with E-state index in [1.165, 1.54) is 0 Å². The number of rotatable bonds is 11. The van der Waals surface area contributed by atoms with Gasteiger partial charge < -0.3 is 24.8 Å². The van der Waals surface area contributed by atoms with Crippen LogP contribution in [0.4, 0.5) is 0 Å². The summed E-state index contributed by atoms with van der Waals surface area (Å²) >= 11 is 0. The van der Waals surface area contributed by atoms with Crippen molar-refractivity contribution in [1.29, 1.82) is 0 Å². The molecule has 6 atom stereocenters. The molecule has 2 unspecified atom stereocenters. The van der Waals surface area contributed by atoms with E-state index in [0.717, 1.165) is 31.4 Å². The average Bonchev–Trinajstić information content (AvgIpc) is 3.19. The number of fused-ring (bicyclic) bond motifs is 1. The molecule has 2 aliphatic carbocycles. The summed E-state index contributed by atoms with van der Waals surface area (Å²) in [6.07, 6.45) is 4.09. The van der Waals surface area contributed by atoms with Crippen LogP contribution in [0.3, 0.4) is 0 Å². The van der Waals surface area contributed by atoms with Crippen LogP contribution in [-0.2, 0) is 9.53 Å². The highest BCUT2D eigenvalue weighted by Gasteiger charge is 2.47. The zero-order valence-electron chi connectivity index (χ0n) is 16.3. The minimum Gasteiger partial charge on any atom is -0.491 e. The van der Waals surface area contributed by atoms with Crippen molar-refractivity contribution < 1.29 is 29.6 Å². The Labute approximate surface area is 166 Å². The normalized spacial score (nSPS) is 30.1. The molecule has 0 spiro atoms. The fraction of sp³-hybridized carbons (Fsp3) is 0.682. The third-order valence-electron chi connectivity index (χ3n) is 6.20. The molecule has 0 aliphatic heterocycles. The molecule has 156 valence electrons. The molecule has 3 N–H and O–H groups in total. The lowest BCUT2D eigenvalue weighted by molar-refractivity contribution is -0.137. The predicted molar refractivity (Wildman–Crippen MR) is 104 cm³/mol. The van der Waals surface area contributed by atoms with Crippen LogP contribution in [0.2, 0.25) is 0 Å². The van der Waals surface area contributed by atoms with Gasteiger partial charge in [-0.25, -0.2) is 0 Å². The van der Waals surface area contributed by atoms with Crippen LogP contribution in [0.1, 0.15) is 44.9 Å². The second-order valence-corrected chi connectivity index (χ2v) is 8.21. The topological polar surface area (TPSA) is 96.2 Å². The van der Waals surface area contributed by atoms with Gasteiger partial charge in [0, 0.05) is 13.0 Å². The highest BCUT2D eigenvalue weighted by atomic mass is 16.5. The molecule has 1 aromatic rings. The lowest BCUT2D eigenvalue weighted by atomic mass is 9.87. The Hall–Kier alpha value is -1.63. The van der Waals surface area contributed by atoms with E-state index in [9.17, 15) is 15.0 Å². The smallest absolute Gasteiger partial charge is 0.303 e. The molecule has 0 aromatic heterocycles. The van der Waals surface area contributed by atoms with E-state index in [0.29, 0.717) is 31.3 Å². The van der Waals surface area contributed by atoms with Crippen molar-refractivity contribution in [2.75, 3.05) is 13.2 Å². The number of carbonyl (C=O) groups is 1. The first-order chi connectivity index (χ1) is 13.5. The van der Waals surface area contributed by atoms with Gasteiger partial charge in [-0.3, -0.25) is 4.79 Å². The monoisotopic (exact) mass is 392 g/mol. The maximum Gasteiger partial charge on any atom is 0.303 e. The number of benzene rings is 1. The first-order valence-corrected chi connectivity index (χ1v) is 10.4. The molecule has 28 heavy (non-hydrogen) atoms. The Kier molecular flexibility index (Phi) is 7.71. The molecular formula is C22H32O6. The number of aliphatic carboxylic acids is 1. The number of aliphatic hydroxyl groups is 2. The molecule has 3 rings (SSSR count). The number of carboxylic acids is 1. The Bertz CT molecular complexity index is 606. The van der Waals surface area contributed by atoms with Gasteiger partial charge in [-0.15, -0.1) is 0 Å². The molecule has 2 saturated carbocycles. The van der Waals surface area contributed by atoms with Crippen molar-refractivity contribution >= 4 is 5.97 Å². The summed E-state index contributed by atoms with van der Waals surface area (Å²) in [7, 11) is 0. The minimum atomic E-state index is -0.787. The minimum absolute atomic E-state index is 0.143. The molecule has 0 saturated heterocycles. The van der Waals surface area contributed by atoms with Crippen LogP contribution in [0.5, 0.6) is 5.75 Å². The summed E-state index contributed by atoms with van der Waals surface area (Å²) in [5, 5.41) is 29.4. The number of ether oxygens (including phenoxy) is 2. The van der Waals surface area contributed by atoms with E-state index in [4.69, 9.17) is 14.6 Å². The number of aliphatic hydroxyl groups excluding tert-OH is 2. The molecule has 1 aromatic carbocycles. The van der Waals surface area contributed by atoms with Gasteiger partial charge in [-0.2, -0.15) is 0 Å². The molecular weight excluding hydrogens is 360 g/mol. The zero-order chi connectivity index (χ0) is 19.9. The van der Waals surface area contributed by atoms with Gasteiger partial charge in [0.2, 0.25) is 0 Å². The van der Waals surface area contributed by atoms with Crippen molar-refractivity contribution in [3.05, 3.63) is 30.3 Å². The first kappa shape index (κ1) is 21.1. The van der Waals surface area contributed by atoms with E-state index in [2.05, 4.69) is 0 Å². The van der Waals surface area contributed by atoms with Gasteiger partial charge in [-0.05, 0) is 68.4 Å². The van der Waals surface area contributed by atoms with Crippen LogP contribution in [0.15, 0.2) is 30.3 Å². The number of carboxylic acid groups (broad SMARTS) is 1. The van der Waals surface area contributed by atoms with E-state index >= 15 is 0 Å². The lowest BCUT2D eigenvalue weighted by Gasteiger charge is -2.23. The lowest BCUT2D eigenvalue weighted by Crippen LogP contribution is -2.25. The van der Waals surface area contributed by atoms with Crippen molar-refractivity contribution in [1.82, 2.24) is 0 Å². The van der Waals surface area contributed by atoms with Crippen molar-refractivity contribution in [3.63, 3.8) is 0 Å². The van der Waals surface area contributed by atoms with Gasteiger partial charge >= 0.3 is 5.97 Å².